The standard InChI is InChI=1S/C16H19N7/c1-3-23(4-2)16-21-14(17)20-15(22-16)19-13-12-8-6-5-7-11(12)9-10-18-13/h5-10H,3-4H2,1-2H3,(H3,17,18,19,20,21,22). The summed E-state index contributed by atoms with van der Waals surface area (Å²) < 4.78 is 0. The lowest BCUT2D eigenvalue weighted by Crippen LogP contribution is -2.25. The fourth-order valence-electron chi connectivity index (χ4n) is 2.41. The van der Waals surface area contributed by atoms with E-state index in [1.165, 1.54) is 0 Å². The highest BCUT2D eigenvalue weighted by molar-refractivity contribution is 5.92. The number of pyridine rings is 1. The molecule has 3 rings (SSSR count). The minimum absolute atomic E-state index is 0.185. The highest BCUT2D eigenvalue weighted by Gasteiger charge is 2.11. The van der Waals surface area contributed by atoms with Crippen LogP contribution in [-0.2, 0) is 0 Å². The minimum Gasteiger partial charge on any atom is -0.368 e. The molecule has 3 N–H and O–H groups in total. The van der Waals surface area contributed by atoms with Gasteiger partial charge in [-0.2, -0.15) is 15.0 Å². The monoisotopic (exact) mass is 309 g/mol. The third-order valence-electron chi connectivity index (χ3n) is 3.59. The molecule has 0 spiro atoms. The first-order chi connectivity index (χ1) is 11.2. The average Bonchev–Trinajstić information content (AvgIpc) is 2.56. The highest BCUT2D eigenvalue weighted by atomic mass is 15.3. The van der Waals surface area contributed by atoms with E-state index in [1.807, 2.05) is 49.1 Å². The first-order valence-electron chi connectivity index (χ1n) is 7.58. The summed E-state index contributed by atoms with van der Waals surface area (Å²) in [7, 11) is 0. The number of anilines is 4. The maximum Gasteiger partial charge on any atom is 0.235 e. The van der Waals surface area contributed by atoms with Crippen molar-refractivity contribution in [1.82, 2.24) is 19.9 Å². The molecule has 0 radical (unpaired) electrons. The van der Waals surface area contributed by atoms with Crippen molar-refractivity contribution in [3.05, 3.63) is 36.5 Å². The number of rotatable bonds is 5. The van der Waals surface area contributed by atoms with Gasteiger partial charge in [-0.05, 0) is 25.3 Å². The van der Waals surface area contributed by atoms with E-state index in [-0.39, 0.29) is 5.95 Å². The zero-order chi connectivity index (χ0) is 16.2. The quantitative estimate of drug-likeness (QED) is 0.748. The number of nitrogens with two attached hydrogens (primary N) is 1. The average molecular weight is 309 g/mol. The van der Waals surface area contributed by atoms with Crippen molar-refractivity contribution in [2.24, 2.45) is 0 Å². The molecule has 0 saturated carbocycles. The molecule has 3 aromatic rings. The fourth-order valence-corrected chi connectivity index (χ4v) is 2.41. The van der Waals surface area contributed by atoms with E-state index in [0.717, 1.165) is 23.9 Å². The number of aromatic nitrogens is 4. The molecule has 0 aliphatic rings. The molecule has 0 saturated heterocycles. The smallest absolute Gasteiger partial charge is 0.235 e. The van der Waals surface area contributed by atoms with Gasteiger partial charge in [-0.1, -0.05) is 24.3 Å². The van der Waals surface area contributed by atoms with E-state index in [9.17, 15) is 0 Å². The summed E-state index contributed by atoms with van der Waals surface area (Å²) in [6.07, 6.45) is 1.75. The van der Waals surface area contributed by atoms with E-state index >= 15 is 0 Å². The van der Waals surface area contributed by atoms with Crippen LogP contribution in [0, 0.1) is 0 Å². The van der Waals surface area contributed by atoms with Crippen molar-refractivity contribution in [3.63, 3.8) is 0 Å². The maximum absolute atomic E-state index is 5.82. The van der Waals surface area contributed by atoms with Crippen LogP contribution in [0.1, 0.15) is 13.8 Å². The van der Waals surface area contributed by atoms with Gasteiger partial charge in [0.05, 0.1) is 0 Å². The summed E-state index contributed by atoms with van der Waals surface area (Å²) in [5.41, 5.74) is 5.82. The van der Waals surface area contributed by atoms with Gasteiger partial charge in [-0.3, -0.25) is 0 Å². The minimum atomic E-state index is 0.185. The topological polar surface area (TPSA) is 92.9 Å². The third kappa shape index (κ3) is 3.13. The van der Waals surface area contributed by atoms with Gasteiger partial charge in [0.25, 0.3) is 0 Å². The van der Waals surface area contributed by atoms with Crippen LogP contribution in [0.4, 0.5) is 23.7 Å². The van der Waals surface area contributed by atoms with Crippen LogP contribution < -0.4 is 16.0 Å². The molecule has 0 aliphatic carbocycles. The zero-order valence-electron chi connectivity index (χ0n) is 13.2. The molecule has 23 heavy (non-hydrogen) atoms. The fraction of sp³-hybridized carbons (Fsp3) is 0.250. The van der Waals surface area contributed by atoms with Crippen LogP contribution in [-0.4, -0.2) is 33.0 Å². The molecular formula is C16H19N7. The molecule has 2 aromatic heterocycles. The van der Waals surface area contributed by atoms with Crippen LogP contribution in [0.3, 0.4) is 0 Å². The number of nitrogens with zero attached hydrogens (tertiary/aromatic N) is 5. The van der Waals surface area contributed by atoms with Crippen molar-refractivity contribution < 1.29 is 0 Å². The Balaban J connectivity index is 1.99. The van der Waals surface area contributed by atoms with Crippen LogP contribution in [0.2, 0.25) is 0 Å². The number of nitrogens with one attached hydrogen (secondary N) is 1. The number of hydrogen-bond acceptors (Lipinski definition) is 7. The van der Waals surface area contributed by atoms with E-state index in [4.69, 9.17) is 5.73 Å². The molecule has 0 bridgehead atoms. The summed E-state index contributed by atoms with van der Waals surface area (Å²) in [4.78, 5) is 19.2. The van der Waals surface area contributed by atoms with Gasteiger partial charge < -0.3 is 16.0 Å². The highest BCUT2D eigenvalue weighted by Crippen LogP contribution is 2.23. The van der Waals surface area contributed by atoms with Crippen LogP contribution in [0.15, 0.2) is 36.5 Å². The molecule has 0 fully saturated rings. The Morgan fingerprint density at radius 1 is 1.04 bits per heavy atom. The second-order valence-electron chi connectivity index (χ2n) is 5.00. The summed E-state index contributed by atoms with van der Waals surface area (Å²) in [5, 5.41) is 5.24. The molecular weight excluding hydrogens is 290 g/mol. The van der Waals surface area contributed by atoms with E-state index in [2.05, 4.69) is 25.3 Å². The normalized spacial score (nSPS) is 10.7. The largest absolute Gasteiger partial charge is 0.368 e. The van der Waals surface area contributed by atoms with Crippen molar-refractivity contribution in [1.29, 1.82) is 0 Å². The van der Waals surface area contributed by atoms with Gasteiger partial charge in [-0.25, -0.2) is 4.98 Å². The molecule has 0 aliphatic heterocycles. The molecule has 0 unspecified atom stereocenters. The molecule has 0 amide bonds. The lowest BCUT2D eigenvalue weighted by Gasteiger charge is -2.19. The molecule has 1 aromatic carbocycles. The first kappa shape index (κ1) is 15.0. The molecule has 118 valence electrons. The van der Waals surface area contributed by atoms with E-state index < -0.39 is 0 Å². The van der Waals surface area contributed by atoms with Gasteiger partial charge in [0.15, 0.2) is 0 Å². The molecule has 7 heteroatoms. The number of benzene rings is 1. The Morgan fingerprint density at radius 3 is 2.61 bits per heavy atom. The maximum atomic E-state index is 5.82. The first-order valence-corrected chi connectivity index (χ1v) is 7.58. The predicted molar refractivity (Wildman–Crippen MR) is 92.8 cm³/mol. The summed E-state index contributed by atoms with van der Waals surface area (Å²) in [6, 6.07) is 9.96. The number of fused-ring (bicyclic) bond motifs is 1. The summed E-state index contributed by atoms with van der Waals surface area (Å²) in [5.74, 6) is 1.83. The third-order valence-corrected chi connectivity index (χ3v) is 3.59. The zero-order valence-corrected chi connectivity index (χ0v) is 13.2. The Morgan fingerprint density at radius 2 is 1.83 bits per heavy atom. The molecule has 7 nitrogen and oxygen atoms in total. The number of nitrogen functional groups attached to an aromatic ring is 1. The Kier molecular flexibility index (Phi) is 4.18. The Hall–Kier alpha value is -2.96. The van der Waals surface area contributed by atoms with E-state index in [0.29, 0.717) is 17.7 Å². The van der Waals surface area contributed by atoms with Gasteiger partial charge in [-0.15, -0.1) is 0 Å². The van der Waals surface area contributed by atoms with Crippen LogP contribution in [0.25, 0.3) is 10.8 Å². The van der Waals surface area contributed by atoms with Crippen molar-refractivity contribution in [3.8, 4) is 0 Å². The Bertz CT molecular complexity index is 809. The van der Waals surface area contributed by atoms with Crippen molar-refractivity contribution in [2.45, 2.75) is 13.8 Å². The molecule has 2 heterocycles. The van der Waals surface area contributed by atoms with Crippen LogP contribution in [0.5, 0.6) is 0 Å². The van der Waals surface area contributed by atoms with E-state index in [1.54, 1.807) is 6.20 Å². The van der Waals surface area contributed by atoms with Gasteiger partial charge in [0, 0.05) is 24.7 Å². The summed E-state index contributed by atoms with van der Waals surface area (Å²) >= 11 is 0. The second kappa shape index (κ2) is 6.43. The van der Waals surface area contributed by atoms with Gasteiger partial charge in [0.2, 0.25) is 17.8 Å². The number of hydrogen-bond donors (Lipinski definition) is 2. The summed E-state index contributed by atoms with van der Waals surface area (Å²) in [6.45, 7) is 5.68. The van der Waals surface area contributed by atoms with Crippen LogP contribution >= 0.6 is 0 Å². The Labute approximate surface area is 134 Å². The second-order valence-corrected chi connectivity index (χ2v) is 5.00. The molecule has 0 atom stereocenters. The van der Waals surface area contributed by atoms with Crippen molar-refractivity contribution >= 4 is 34.4 Å². The van der Waals surface area contributed by atoms with Gasteiger partial charge in [0.1, 0.15) is 5.82 Å². The predicted octanol–water partition coefficient (Wildman–Crippen LogP) is 2.59. The lowest BCUT2D eigenvalue weighted by atomic mass is 10.1. The van der Waals surface area contributed by atoms with Crippen molar-refractivity contribution in [2.75, 3.05) is 29.0 Å². The van der Waals surface area contributed by atoms with Gasteiger partial charge >= 0.3 is 0 Å². The lowest BCUT2D eigenvalue weighted by molar-refractivity contribution is 0.816. The SMILES string of the molecule is CCN(CC)c1nc(N)nc(Nc2nccc3ccccc23)n1.